The van der Waals surface area contributed by atoms with Crippen LogP contribution in [0.3, 0.4) is 0 Å². The lowest BCUT2D eigenvalue weighted by molar-refractivity contribution is 0.868. The fourth-order valence-electron chi connectivity index (χ4n) is 1.03. The minimum atomic E-state index is 0. The van der Waals surface area contributed by atoms with Crippen LogP contribution in [0.2, 0.25) is 18.1 Å². The highest BCUT2D eigenvalue weighted by Gasteiger charge is 2.02. The van der Waals surface area contributed by atoms with Crippen molar-refractivity contribution in [2.75, 3.05) is 0 Å². The van der Waals surface area contributed by atoms with E-state index in [-0.39, 0.29) is 21.2 Å². The van der Waals surface area contributed by atoms with Crippen molar-refractivity contribution >= 4 is 21.2 Å². The van der Waals surface area contributed by atoms with Crippen molar-refractivity contribution < 1.29 is 0 Å². The van der Waals surface area contributed by atoms with Crippen LogP contribution in [0, 0.1) is 0 Å². The summed E-state index contributed by atoms with van der Waals surface area (Å²) in [5.41, 5.74) is 0. The molecule has 0 aromatic heterocycles. The lowest BCUT2D eigenvalue weighted by Gasteiger charge is -2.07. The molecule has 0 saturated carbocycles. The van der Waals surface area contributed by atoms with E-state index in [1.807, 2.05) is 0 Å². The molecule has 0 aromatic carbocycles. The van der Waals surface area contributed by atoms with Gasteiger partial charge in [0, 0.05) is 8.80 Å². The van der Waals surface area contributed by atoms with Gasteiger partial charge in [-0.15, -0.1) is 12.4 Å². The highest BCUT2D eigenvalue weighted by atomic mass is 35.5. The first-order valence-electron chi connectivity index (χ1n) is 4.18. The third kappa shape index (κ3) is 6.62. The van der Waals surface area contributed by atoms with Gasteiger partial charge in [-0.2, -0.15) is 0 Å². The number of halogens is 1. The summed E-state index contributed by atoms with van der Waals surface area (Å²) in [7, 11) is 0.114. The fraction of sp³-hybridized carbons (Fsp3) is 1.00. The van der Waals surface area contributed by atoms with E-state index in [9.17, 15) is 0 Å². The predicted octanol–water partition coefficient (Wildman–Crippen LogP) is 3.74. The monoisotopic (exact) mass is 179 g/mol. The third-order valence-corrected chi connectivity index (χ3v) is 4.94. The van der Waals surface area contributed by atoms with E-state index in [2.05, 4.69) is 20.8 Å². The second-order valence-electron chi connectivity index (χ2n) is 2.56. The van der Waals surface area contributed by atoms with Gasteiger partial charge in [0.15, 0.2) is 0 Å². The molecule has 63 valence electrons. The molecular weight excluding hydrogens is 160 g/mol. The normalized spacial score (nSPS) is 9.60. The Balaban J connectivity index is 0. The summed E-state index contributed by atoms with van der Waals surface area (Å²) in [6, 6.07) is 4.50. The van der Waals surface area contributed by atoms with Gasteiger partial charge in [0.25, 0.3) is 0 Å². The second-order valence-corrected chi connectivity index (χ2v) is 5.97. The molecule has 10 heavy (non-hydrogen) atoms. The Hall–Kier alpha value is 0.507. The zero-order valence-corrected chi connectivity index (χ0v) is 9.26. The van der Waals surface area contributed by atoms with E-state index in [1.165, 1.54) is 24.9 Å². The van der Waals surface area contributed by atoms with Gasteiger partial charge in [-0.05, 0) is 0 Å². The molecule has 0 aliphatic rings. The maximum Gasteiger partial charge on any atom is 0.0473 e. The lowest BCUT2D eigenvalue weighted by Crippen LogP contribution is -2.07. The molecule has 1 radical (unpaired) electrons. The van der Waals surface area contributed by atoms with Crippen LogP contribution in [0.4, 0.5) is 0 Å². The summed E-state index contributed by atoms with van der Waals surface area (Å²) in [6.45, 7) is 6.96. The van der Waals surface area contributed by atoms with Crippen molar-refractivity contribution in [1.82, 2.24) is 0 Å². The van der Waals surface area contributed by atoms with Crippen LogP contribution < -0.4 is 0 Å². The van der Waals surface area contributed by atoms with Gasteiger partial charge in [0.05, 0.1) is 0 Å². The molecule has 0 nitrogen and oxygen atoms in total. The standard InChI is InChI=1S/C8H19Si.ClH/c1-4-7-8-9(5-2)6-3;/h4-8H2,1-3H3;1H. The molecular formula is C8H20ClSi. The number of hydrogen-bond donors (Lipinski definition) is 0. The largest absolute Gasteiger partial charge is 0.147 e. The van der Waals surface area contributed by atoms with E-state index >= 15 is 0 Å². The Morgan fingerprint density at radius 1 is 1.00 bits per heavy atom. The number of rotatable bonds is 5. The van der Waals surface area contributed by atoms with Gasteiger partial charge in [-0.25, -0.2) is 0 Å². The molecule has 0 spiro atoms. The molecule has 2 heteroatoms. The van der Waals surface area contributed by atoms with Gasteiger partial charge >= 0.3 is 0 Å². The topological polar surface area (TPSA) is 0 Å². The average molecular weight is 180 g/mol. The van der Waals surface area contributed by atoms with Gasteiger partial charge < -0.3 is 0 Å². The van der Waals surface area contributed by atoms with Crippen molar-refractivity contribution in [1.29, 1.82) is 0 Å². The van der Waals surface area contributed by atoms with Crippen molar-refractivity contribution in [3.8, 4) is 0 Å². The first-order chi connectivity index (χ1) is 4.35. The van der Waals surface area contributed by atoms with Crippen LogP contribution in [0.1, 0.15) is 33.6 Å². The third-order valence-electron chi connectivity index (χ3n) is 1.88. The van der Waals surface area contributed by atoms with E-state index in [0.29, 0.717) is 0 Å². The molecule has 0 aliphatic carbocycles. The van der Waals surface area contributed by atoms with Gasteiger partial charge in [-0.1, -0.05) is 51.7 Å². The molecule has 0 unspecified atom stereocenters. The Kier molecular flexibility index (Phi) is 12.5. The highest BCUT2D eigenvalue weighted by Crippen LogP contribution is 2.08. The second kappa shape index (κ2) is 9.51. The number of hydrogen-bond acceptors (Lipinski definition) is 0. The summed E-state index contributed by atoms with van der Waals surface area (Å²) in [5.74, 6) is 0. The molecule has 0 aliphatic heterocycles. The smallest absolute Gasteiger partial charge is 0.0473 e. The summed E-state index contributed by atoms with van der Waals surface area (Å²) < 4.78 is 0. The maximum absolute atomic E-state index is 2.34. The van der Waals surface area contributed by atoms with Crippen molar-refractivity contribution in [3.63, 3.8) is 0 Å². The Morgan fingerprint density at radius 2 is 1.50 bits per heavy atom. The van der Waals surface area contributed by atoms with Gasteiger partial charge in [0.2, 0.25) is 0 Å². The van der Waals surface area contributed by atoms with E-state index in [4.69, 9.17) is 0 Å². The van der Waals surface area contributed by atoms with E-state index < -0.39 is 0 Å². The van der Waals surface area contributed by atoms with Crippen molar-refractivity contribution in [3.05, 3.63) is 0 Å². The van der Waals surface area contributed by atoms with E-state index in [0.717, 1.165) is 0 Å². The first-order valence-corrected chi connectivity index (χ1v) is 6.30. The molecule has 0 heterocycles. The molecule has 0 rings (SSSR count). The Bertz CT molecular complexity index is 53.2. The fourth-order valence-corrected chi connectivity index (χ4v) is 3.09. The lowest BCUT2D eigenvalue weighted by atomic mass is 10.4. The molecule has 0 aromatic rings. The Morgan fingerprint density at radius 3 is 1.80 bits per heavy atom. The van der Waals surface area contributed by atoms with E-state index in [1.54, 1.807) is 6.04 Å². The maximum atomic E-state index is 2.34. The minimum Gasteiger partial charge on any atom is -0.147 e. The average Bonchev–Trinajstić information content (AvgIpc) is 1.91. The molecule has 0 bridgehead atoms. The molecule has 0 saturated heterocycles. The van der Waals surface area contributed by atoms with Crippen molar-refractivity contribution in [2.45, 2.75) is 51.7 Å². The minimum absolute atomic E-state index is 0. The zero-order chi connectivity index (χ0) is 7.11. The molecule has 0 amide bonds. The van der Waals surface area contributed by atoms with Crippen LogP contribution >= 0.6 is 12.4 Å². The molecule has 0 fully saturated rings. The van der Waals surface area contributed by atoms with Crippen LogP contribution in [-0.2, 0) is 0 Å². The summed E-state index contributed by atoms with van der Waals surface area (Å²) in [5, 5.41) is 0. The summed E-state index contributed by atoms with van der Waals surface area (Å²) in [4.78, 5) is 0. The van der Waals surface area contributed by atoms with Gasteiger partial charge in [0.1, 0.15) is 0 Å². The van der Waals surface area contributed by atoms with Crippen LogP contribution in [0.25, 0.3) is 0 Å². The molecule has 0 N–H and O–H groups in total. The van der Waals surface area contributed by atoms with Crippen LogP contribution in [0.5, 0.6) is 0 Å². The molecule has 0 atom stereocenters. The predicted molar refractivity (Wildman–Crippen MR) is 53.7 cm³/mol. The highest BCUT2D eigenvalue weighted by molar-refractivity contribution is 6.58. The summed E-state index contributed by atoms with van der Waals surface area (Å²) in [6.07, 6.45) is 2.85. The first kappa shape index (κ1) is 13.1. The van der Waals surface area contributed by atoms with Gasteiger partial charge in [-0.3, -0.25) is 0 Å². The number of unbranched alkanes of at least 4 members (excludes halogenated alkanes) is 1. The van der Waals surface area contributed by atoms with Crippen molar-refractivity contribution in [2.24, 2.45) is 0 Å². The van der Waals surface area contributed by atoms with Crippen LogP contribution in [0.15, 0.2) is 0 Å². The van der Waals surface area contributed by atoms with Crippen LogP contribution in [-0.4, -0.2) is 8.80 Å². The summed E-state index contributed by atoms with van der Waals surface area (Å²) >= 11 is 0. The zero-order valence-electron chi connectivity index (χ0n) is 7.44. The Labute approximate surface area is 73.4 Å². The quantitative estimate of drug-likeness (QED) is 0.565. The SMILES string of the molecule is CCCC[Si](CC)CC.Cl.